The van der Waals surface area contributed by atoms with Crippen molar-refractivity contribution in [2.45, 2.75) is 57.0 Å². The zero-order chi connectivity index (χ0) is 34.1. The molecule has 5 heterocycles. The first-order chi connectivity index (χ1) is 23.7. The van der Waals surface area contributed by atoms with Crippen molar-refractivity contribution >= 4 is 34.6 Å². The van der Waals surface area contributed by atoms with Gasteiger partial charge in [-0.25, -0.2) is 19.1 Å². The van der Waals surface area contributed by atoms with Crippen molar-refractivity contribution in [2.75, 3.05) is 46.3 Å². The zero-order valence-electron chi connectivity index (χ0n) is 27.8. The van der Waals surface area contributed by atoms with Gasteiger partial charge in [-0.2, -0.15) is 0 Å². The molecule has 2 aromatic heterocycles. The summed E-state index contributed by atoms with van der Waals surface area (Å²) in [5.41, 5.74) is 1.99. The average Bonchev–Trinajstić information content (AvgIpc) is 3.70. The molecule has 0 radical (unpaired) electrons. The molecule has 0 spiro atoms. The number of halogens is 1. The molecule has 0 aliphatic carbocycles. The van der Waals surface area contributed by atoms with Crippen LogP contribution in [0.1, 0.15) is 50.1 Å². The molecule has 3 aliphatic heterocycles. The number of aromatic nitrogens is 5. The summed E-state index contributed by atoms with van der Waals surface area (Å²) in [6, 6.07) is 11.8. The van der Waals surface area contributed by atoms with Crippen molar-refractivity contribution in [1.29, 1.82) is 0 Å². The second-order valence-corrected chi connectivity index (χ2v) is 14.3. The van der Waals surface area contributed by atoms with Crippen LogP contribution < -0.4 is 16.7 Å². The third kappa shape index (κ3) is 7.32. The summed E-state index contributed by atoms with van der Waals surface area (Å²) in [6.45, 7) is 4.43. The van der Waals surface area contributed by atoms with E-state index in [1.807, 2.05) is 35.2 Å². The molecule has 2 aromatic carbocycles. The first-order valence-corrected chi connectivity index (χ1v) is 17.8. The number of nitrogens with zero attached hydrogens (tertiary/aromatic N) is 5. The fraction of sp³-hybridized carbons (Fsp3) is 0.514. The number of imidazole rings is 1. The summed E-state index contributed by atoms with van der Waals surface area (Å²) in [4.78, 5) is 66.9. The molecule has 3 amide bonds. The normalized spacial score (nSPS) is 19.4. The maximum Gasteiger partial charge on any atom is 0.343 e. The molecule has 0 saturated carbocycles. The highest BCUT2D eigenvalue weighted by Gasteiger charge is 2.35. The Balaban J connectivity index is 1.03. The van der Waals surface area contributed by atoms with Gasteiger partial charge in [0.25, 0.3) is 0 Å². The van der Waals surface area contributed by atoms with Crippen LogP contribution in [0.5, 0.6) is 0 Å². The van der Waals surface area contributed by atoms with Crippen LogP contribution >= 0.6 is 11.6 Å². The quantitative estimate of drug-likeness (QED) is 0.233. The van der Waals surface area contributed by atoms with E-state index in [0.717, 1.165) is 37.1 Å². The van der Waals surface area contributed by atoms with E-state index in [2.05, 4.69) is 37.3 Å². The van der Waals surface area contributed by atoms with E-state index in [1.54, 1.807) is 17.0 Å². The van der Waals surface area contributed by atoms with Crippen molar-refractivity contribution in [2.24, 2.45) is 11.8 Å². The van der Waals surface area contributed by atoms with Gasteiger partial charge in [-0.3, -0.25) is 9.78 Å². The number of amides is 3. The molecule has 49 heavy (non-hydrogen) atoms. The Morgan fingerprint density at radius 2 is 1.53 bits per heavy atom. The van der Waals surface area contributed by atoms with Crippen molar-refractivity contribution in [3.8, 4) is 11.4 Å². The number of benzene rings is 2. The molecule has 4 N–H and O–H groups in total. The van der Waals surface area contributed by atoms with Crippen molar-refractivity contribution in [3.05, 3.63) is 74.0 Å². The van der Waals surface area contributed by atoms with Crippen LogP contribution in [-0.2, 0) is 11.2 Å². The number of rotatable bonds is 7. The van der Waals surface area contributed by atoms with E-state index in [9.17, 15) is 19.2 Å². The van der Waals surface area contributed by atoms with E-state index in [4.69, 9.17) is 11.6 Å². The monoisotopic (exact) mass is 689 g/mol. The Bertz CT molecular complexity index is 1890. The summed E-state index contributed by atoms with van der Waals surface area (Å²) in [7, 11) is 2.18. The van der Waals surface area contributed by atoms with Crippen LogP contribution in [0.3, 0.4) is 0 Å². The van der Waals surface area contributed by atoms with Gasteiger partial charge in [0, 0.05) is 38.2 Å². The van der Waals surface area contributed by atoms with E-state index in [0.29, 0.717) is 72.7 Å². The Morgan fingerprint density at radius 3 is 2.22 bits per heavy atom. The van der Waals surface area contributed by atoms with E-state index in [-0.39, 0.29) is 35.8 Å². The largest absolute Gasteiger partial charge is 0.343 e. The molecule has 3 saturated heterocycles. The Morgan fingerprint density at radius 1 is 0.878 bits per heavy atom. The van der Waals surface area contributed by atoms with Crippen LogP contribution in [0.2, 0.25) is 5.02 Å². The lowest BCUT2D eigenvalue weighted by molar-refractivity contribution is -0.135. The number of H-pyrrole nitrogens is 3. The molecule has 260 valence electrons. The van der Waals surface area contributed by atoms with Gasteiger partial charge < -0.3 is 30.0 Å². The number of likely N-dealkylation sites (tertiary alicyclic amines) is 3. The van der Waals surface area contributed by atoms with Crippen molar-refractivity contribution in [3.63, 3.8) is 0 Å². The van der Waals surface area contributed by atoms with Crippen LogP contribution in [0.25, 0.3) is 22.4 Å². The van der Waals surface area contributed by atoms with Crippen molar-refractivity contribution in [1.82, 2.24) is 44.7 Å². The molecule has 1 unspecified atom stereocenters. The topological polar surface area (TPSA) is 155 Å². The molecular weight excluding hydrogens is 646 g/mol. The second-order valence-electron chi connectivity index (χ2n) is 13.9. The van der Waals surface area contributed by atoms with Gasteiger partial charge in [0.1, 0.15) is 6.04 Å². The highest BCUT2D eigenvalue weighted by atomic mass is 35.5. The van der Waals surface area contributed by atoms with Gasteiger partial charge in [0.05, 0.1) is 22.1 Å². The van der Waals surface area contributed by atoms with E-state index < -0.39 is 6.04 Å². The Labute approximate surface area is 289 Å². The zero-order valence-corrected chi connectivity index (χ0v) is 28.5. The highest BCUT2D eigenvalue weighted by Crippen LogP contribution is 2.33. The Hall–Kier alpha value is -4.36. The predicted octanol–water partition coefficient (Wildman–Crippen LogP) is 3.60. The first-order valence-electron chi connectivity index (χ1n) is 17.4. The minimum absolute atomic E-state index is 0.111. The fourth-order valence-electron chi connectivity index (χ4n) is 7.88. The van der Waals surface area contributed by atoms with Gasteiger partial charge in [-0.1, -0.05) is 41.9 Å². The molecule has 13 nitrogen and oxygen atoms in total. The molecule has 3 fully saturated rings. The molecular formula is C35H44ClN9O4. The lowest BCUT2D eigenvalue weighted by Crippen LogP contribution is -2.55. The minimum Gasteiger partial charge on any atom is -0.341 e. The van der Waals surface area contributed by atoms with Crippen LogP contribution in [0.4, 0.5) is 4.79 Å². The van der Waals surface area contributed by atoms with E-state index in [1.165, 1.54) is 17.5 Å². The molecule has 14 heteroatoms. The lowest BCUT2D eigenvalue weighted by Gasteiger charge is -2.40. The maximum atomic E-state index is 14.1. The summed E-state index contributed by atoms with van der Waals surface area (Å²) < 4.78 is 1.49. The minimum atomic E-state index is -0.813. The molecule has 7 rings (SSSR count). The number of piperidine rings is 3. The summed E-state index contributed by atoms with van der Waals surface area (Å²) in [5, 5.41) is 7.98. The van der Waals surface area contributed by atoms with Gasteiger partial charge >= 0.3 is 17.4 Å². The van der Waals surface area contributed by atoms with Crippen LogP contribution in [-0.4, -0.2) is 104 Å². The number of aromatic amines is 3. The number of hydrogen-bond acceptors (Lipinski definition) is 6. The molecule has 1 atom stereocenters. The number of carbonyl (C=O) groups excluding carboxylic acids is 2. The number of nitrogens with one attached hydrogen (secondary N) is 4. The van der Waals surface area contributed by atoms with Gasteiger partial charge in [-0.15, -0.1) is 5.10 Å². The molecule has 3 aliphatic rings. The highest BCUT2D eigenvalue weighted by molar-refractivity contribution is 6.35. The first kappa shape index (κ1) is 33.2. The SMILES string of the molecule is CN1CCC(C2CCN(C(=O)C(Cc3cc(Cl)c4[nH]c(=O)[nH]c4c3)NC(=O)N3CCC(n4nc(-c5ccccc5)[nH]c4=O)CC3)CC2)CC1. The molecule has 4 aromatic rings. The van der Waals surface area contributed by atoms with Crippen molar-refractivity contribution < 1.29 is 9.59 Å². The van der Waals surface area contributed by atoms with Gasteiger partial charge in [0.15, 0.2) is 5.82 Å². The smallest absolute Gasteiger partial charge is 0.341 e. The lowest BCUT2D eigenvalue weighted by atomic mass is 9.79. The van der Waals surface area contributed by atoms with Crippen LogP contribution in [0, 0.1) is 11.8 Å². The summed E-state index contributed by atoms with van der Waals surface area (Å²) in [5.74, 6) is 1.72. The van der Waals surface area contributed by atoms with Gasteiger partial charge in [-0.05, 0) is 88.2 Å². The number of fused-ring (bicyclic) bond motifs is 1. The third-order valence-electron chi connectivity index (χ3n) is 10.7. The number of hydrogen-bond donors (Lipinski definition) is 4. The maximum absolute atomic E-state index is 14.1. The number of urea groups is 1. The fourth-order valence-corrected chi connectivity index (χ4v) is 8.17. The second kappa shape index (κ2) is 14.2. The van der Waals surface area contributed by atoms with E-state index >= 15 is 0 Å². The predicted molar refractivity (Wildman–Crippen MR) is 188 cm³/mol. The van der Waals surface area contributed by atoms with Gasteiger partial charge in [0.2, 0.25) is 5.91 Å². The summed E-state index contributed by atoms with van der Waals surface area (Å²) >= 11 is 6.51. The Kier molecular flexibility index (Phi) is 9.64. The van der Waals surface area contributed by atoms with Crippen LogP contribution in [0.15, 0.2) is 52.1 Å². The standard InChI is InChI=1S/C35H44ClN9O4/c1-42-13-7-23(8-14-42)24-9-15-43(16-10-24)32(46)29(21-22-19-27(36)30-28(20-22)37-33(47)39-30)38-34(48)44-17-11-26(12-18-44)45-35(49)40-31(41-45)25-5-3-2-4-6-25/h2-6,19-20,23-24,26,29H,7-18,21H2,1H3,(H,38,48)(H2,37,39,47)(H,40,41,49). The average molecular weight is 690 g/mol. The summed E-state index contributed by atoms with van der Waals surface area (Å²) in [6.07, 6.45) is 5.69. The molecule has 0 bridgehead atoms. The third-order valence-corrected chi connectivity index (χ3v) is 11.0. The number of carbonyl (C=O) groups is 2.